The van der Waals surface area contributed by atoms with Crippen LogP contribution < -0.4 is 10.9 Å². The molecule has 7 heteroatoms. The highest BCUT2D eigenvalue weighted by molar-refractivity contribution is 7.99. The molecule has 1 heterocycles. The van der Waals surface area contributed by atoms with Crippen LogP contribution in [-0.4, -0.2) is 21.2 Å². The Morgan fingerprint density at radius 1 is 1.33 bits per heavy atom. The number of carbonyl (C=O) groups is 1. The van der Waals surface area contributed by atoms with Gasteiger partial charge in [-0.3, -0.25) is 14.2 Å². The molecule has 0 saturated heterocycles. The molecule has 0 unspecified atom stereocenters. The van der Waals surface area contributed by atoms with Gasteiger partial charge in [0.25, 0.3) is 5.56 Å². The van der Waals surface area contributed by atoms with Gasteiger partial charge in [0.05, 0.1) is 16.7 Å². The first-order valence-electron chi connectivity index (χ1n) is 8.28. The van der Waals surface area contributed by atoms with Crippen molar-refractivity contribution in [2.45, 2.75) is 18.6 Å². The molecule has 27 heavy (non-hydrogen) atoms. The molecule has 0 radical (unpaired) electrons. The quantitative estimate of drug-likeness (QED) is 0.382. The van der Waals surface area contributed by atoms with Crippen LogP contribution in [0.4, 0.5) is 5.69 Å². The number of halogens is 1. The monoisotopic (exact) mass is 399 g/mol. The number of fused-ring (bicyclic) bond motifs is 1. The van der Waals surface area contributed by atoms with Crippen molar-refractivity contribution < 1.29 is 4.79 Å². The van der Waals surface area contributed by atoms with Gasteiger partial charge >= 0.3 is 0 Å². The third-order valence-electron chi connectivity index (χ3n) is 3.83. The molecule has 138 valence electrons. The van der Waals surface area contributed by atoms with Gasteiger partial charge in [-0.15, -0.1) is 6.58 Å². The van der Waals surface area contributed by atoms with E-state index in [9.17, 15) is 9.59 Å². The standard InChI is InChI=1S/C20H18ClN3O2S/c1-3-9-24-19(26)16-11-14(21)7-8-17(16)23-20(24)27-12-18(25)22-15-6-4-5-13(2)10-15/h3-8,10-11H,1,9,12H2,2H3,(H,22,25). The van der Waals surface area contributed by atoms with Crippen LogP contribution in [0.5, 0.6) is 0 Å². The summed E-state index contributed by atoms with van der Waals surface area (Å²) in [6.07, 6.45) is 1.62. The predicted octanol–water partition coefficient (Wildman–Crippen LogP) is 4.28. The minimum Gasteiger partial charge on any atom is -0.325 e. The number of rotatable bonds is 6. The van der Waals surface area contributed by atoms with Gasteiger partial charge in [-0.1, -0.05) is 41.6 Å². The minimum atomic E-state index is -0.205. The Hall–Kier alpha value is -2.57. The van der Waals surface area contributed by atoms with E-state index in [-0.39, 0.29) is 17.2 Å². The van der Waals surface area contributed by atoms with E-state index in [4.69, 9.17) is 11.6 Å². The largest absolute Gasteiger partial charge is 0.325 e. The van der Waals surface area contributed by atoms with E-state index in [0.29, 0.717) is 27.6 Å². The maximum absolute atomic E-state index is 12.8. The Morgan fingerprint density at radius 3 is 2.89 bits per heavy atom. The lowest BCUT2D eigenvalue weighted by Crippen LogP contribution is -2.23. The summed E-state index contributed by atoms with van der Waals surface area (Å²) in [7, 11) is 0. The van der Waals surface area contributed by atoms with E-state index < -0.39 is 0 Å². The maximum atomic E-state index is 12.8. The molecule has 0 spiro atoms. The molecule has 3 aromatic rings. The third kappa shape index (κ3) is 4.59. The van der Waals surface area contributed by atoms with Crippen LogP contribution in [-0.2, 0) is 11.3 Å². The van der Waals surface area contributed by atoms with E-state index in [1.807, 2.05) is 31.2 Å². The topological polar surface area (TPSA) is 64.0 Å². The lowest BCUT2D eigenvalue weighted by Gasteiger charge is -2.12. The number of aromatic nitrogens is 2. The number of anilines is 1. The van der Waals surface area contributed by atoms with Crippen LogP contribution >= 0.6 is 23.4 Å². The number of benzene rings is 2. The average molecular weight is 400 g/mol. The number of nitrogens with zero attached hydrogens (tertiary/aromatic N) is 2. The first-order chi connectivity index (χ1) is 13.0. The van der Waals surface area contributed by atoms with Gasteiger partial charge in [0.15, 0.2) is 5.16 Å². The zero-order valence-electron chi connectivity index (χ0n) is 14.7. The van der Waals surface area contributed by atoms with Crippen molar-refractivity contribution in [3.8, 4) is 0 Å². The van der Waals surface area contributed by atoms with Crippen molar-refractivity contribution in [1.29, 1.82) is 0 Å². The van der Waals surface area contributed by atoms with Crippen LogP contribution in [0.1, 0.15) is 5.56 Å². The molecule has 0 aliphatic rings. The number of aryl methyl sites for hydroxylation is 1. The second-order valence-electron chi connectivity index (χ2n) is 5.97. The average Bonchev–Trinajstić information content (AvgIpc) is 2.63. The lowest BCUT2D eigenvalue weighted by molar-refractivity contribution is -0.113. The number of carbonyl (C=O) groups excluding carboxylic acids is 1. The Morgan fingerprint density at radius 2 is 2.15 bits per heavy atom. The summed E-state index contributed by atoms with van der Waals surface area (Å²) < 4.78 is 1.50. The number of thioether (sulfide) groups is 1. The number of amides is 1. The summed E-state index contributed by atoms with van der Waals surface area (Å²) in [5, 5.41) is 4.24. The molecule has 0 saturated carbocycles. The smallest absolute Gasteiger partial charge is 0.262 e. The molecule has 0 aliphatic heterocycles. The zero-order chi connectivity index (χ0) is 19.4. The van der Waals surface area contributed by atoms with Gasteiger partial charge < -0.3 is 5.32 Å². The molecule has 5 nitrogen and oxygen atoms in total. The van der Waals surface area contributed by atoms with Crippen molar-refractivity contribution in [1.82, 2.24) is 9.55 Å². The van der Waals surface area contributed by atoms with Crippen molar-refractivity contribution >= 4 is 45.9 Å². The Kier molecular flexibility index (Phi) is 5.98. The van der Waals surface area contributed by atoms with Crippen LogP contribution in [0, 0.1) is 6.92 Å². The summed E-state index contributed by atoms with van der Waals surface area (Å²) in [4.78, 5) is 29.6. The first kappa shape index (κ1) is 19.2. The van der Waals surface area contributed by atoms with Crippen molar-refractivity contribution in [2.24, 2.45) is 0 Å². The van der Waals surface area contributed by atoms with Gasteiger partial charge in [-0.2, -0.15) is 0 Å². The van der Waals surface area contributed by atoms with Crippen LogP contribution in [0.25, 0.3) is 10.9 Å². The van der Waals surface area contributed by atoms with E-state index in [1.54, 1.807) is 24.3 Å². The van der Waals surface area contributed by atoms with Gasteiger partial charge in [0, 0.05) is 17.3 Å². The minimum absolute atomic E-state index is 0.136. The van der Waals surface area contributed by atoms with Gasteiger partial charge in [-0.05, 0) is 42.8 Å². The SMILES string of the molecule is C=CCn1c(SCC(=O)Nc2cccc(C)c2)nc2ccc(Cl)cc2c1=O. The molecule has 0 fully saturated rings. The number of nitrogens with one attached hydrogen (secondary N) is 1. The summed E-state index contributed by atoms with van der Waals surface area (Å²) in [6, 6.07) is 12.6. The number of hydrogen-bond donors (Lipinski definition) is 1. The molecular formula is C20H18ClN3O2S. The van der Waals surface area contributed by atoms with Crippen molar-refractivity contribution in [2.75, 3.05) is 11.1 Å². The highest BCUT2D eigenvalue weighted by atomic mass is 35.5. The highest BCUT2D eigenvalue weighted by Crippen LogP contribution is 2.21. The van der Waals surface area contributed by atoms with E-state index in [1.165, 1.54) is 16.3 Å². The first-order valence-corrected chi connectivity index (χ1v) is 9.64. The fourth-order valence-electron chi connectivity index (χ4n) is 2.62. The molecular weight excluding hydrogens is 382 g/mol. The second-order valence-corrected chi connectivity index (χ2v) is 7.35. The van der Waals surface area contributed by atoms with E-state index in [0.717, 1.165) is 11.3 Å². The molecule has 0 aliphatic carbocycles. The summed E-state index contributed by atoms with van der Waals surface area (Å²) >= 11 is 7.21. The van der Waals surface area contributed by atoms with Crippen LogP contribution in [0.15, 0.2) is 65.1 Å². The molecule has 0 bridgehead atoms. The second kappa shape index (κ2) is 8.41. The van der Waals surface area contributed by atoms with Crippen molar-refractivity contribution in [3.63, 3.8) is 0 Å². The maximum Gasteiger partial charge on any atom is 0.262 e. The van der Waals surface area contributed by atoms with Gasteiger partial charge in [-0.25, -0.2) is 4.98 Å². The number of allylic oxidation sites excluding steroid dienone is 1. The Bertz CT molecular complexity index is 1080. The van der Waals surface area contributed by atoms with E-state index >= 15 is 0 Å². The normalized spacial score (nSPS) is 10.7. The zero-order valence-corrected chi connectivity index (χ0v) is 16.3. The Balaban J connectivity index is 1.84. The van der Waals surface area contributed by atoms with Crippen LogP contribution in [0.2, 0.25) is 5.02 Å². The molecule has 2 aromatic carbocycles. The lowest BCUT2D eigenvalue weighted by atomic mass is 10.2. The van der Waals surface area contributed by atoms with Gasteiger partial charge in [0.1, 0.15) is 0 Å². The summed E-state index contributed by atoms with van der Waals surface area (Å²) in [5.74, 6) is -0.0300. The van der Waals surface area contributed by atoms with Crippen molar-refractivity contribution in [3.05, 3.63) is 76.1 Å². The predicted molar refractivity (Wildman–Crippen MR) is 112 cm³/mol. The molecule has 1 aromatic heterocycles. The molecule has 0 atom stereocenters. The Labute approximate surface area is 166 Å². The highest BCUT2D eigenvalue weighted by Gasteiger charge is 2.13. The third-order valence-corrected chi connectivity index (χ3v) is 5.04. The molecule has 1 N–H and O–H groups in total. The van der Waals surface area contributed by atoms with Crippen LogP contribution in [0.3, 0.4) is 0 Å². The molecule has 1 amide bonds. The molecule has 3 rings (SSSR count). The fraction of sp³-hybridized carbons (Fsp3) is 0.150. The summed E-state index contributed by atoms with van der Waals surface area (Å²) in [5.41, 5.74) is 2.15. The van der Waals surface area contributed by atoms with Gasteiger partial charge in [0.2, 0.25) is 5.91 Å². The number of hydrogen-bond acceptors (Lipinski definition) is 4. The fourth-order valence-corrected chi connectivity index (χ4v) is 3.60. The summed E-state index contributed by atoms with van der Waals surface area (Å²) in [6.45, 7) is 5.96. The van der Waals surface area contributed by atoms with E-state index in [2.05, 4.69) is 16.9 Å².